The molecule has 2 aliphatic rings. The van der Waals surface area contributed by atoms with E-state index in [0.29, 0.717) is 17.9 Å². The Kier molecular flexibility index (Phi) is 6.07. The van der Waals surface area contributed by atoms with Gasteiger partial charge in [-0.2, -0.15) is 0 Å². The molecular weight excluding hydrogens is 378 g/mol. The highest BCUT2D eigenvalue weighted by molar-refractivity contribution is 7.09. The Balaban J connectivity index is 1.45. The number of nitrogens with zero attached hydrogens (tertiary/aromatic N) is 3. The van der Waals surface area contributed by atoms with Gasteiger partial charge in [0, 0.05) is 24.5 Å². The van der Waals surface area contributed by atoms with Crippen LogP contribution in [0.15, 0.2) is 35.7 Å². The number of piperidine rings is 1. The minimum atomic E-state index is -0.150. The lowest BCUT2D eigenvalue weighted by molar-refractivity contribution is -0.139. The third kappa shape index (κ3) is 4.56. The lowest BCUT2D eigenvalue weighted by Crippen LogP contribution is -2.45. The second-order valence-corrected chi connectivity index (χ2v) is 10.4. The topological polar surface area (TPSA) is 36.4 Å². The maximum absolute atomic E-state index is 13.6. The van der Waals surface area contributed by atoms with Crippen molar-refractivity contribution in [1.29, 1.82) is 0 Å². The van der Waals surface area contributed by atoms with E-state index in [-0.39, 0.29) is 5.41 Å². The molecule has 2 saturated heterocycles. The maximum Gasteiger partial charge on any atom is 0.229 e. The van der Waals surface area contributed by atoms with Crippen LogP contribution in [-0.4, -0.2) is 46.4 Å². The zero-order chi connectivity index (χ0) is 20.4. The molecular formula is C24H33N3OS. The lowest BCUT2D eigenvalue weighted by atomic mass is 9.75. The fourth-order valence-electron chi connectivity index (χ4n) is 5.08. The van der Waals surface area contributed by atoms with Crippen LogP contribution >= 0.6 is 11.3 Å². The normalized spacial score (nSPS) is 22.1. The molecule has 0 bridgehead atoms. The second-order valence-electron chi connectivity index (χ2n) is 9.31. The zero-order valence-electron chi connectivity index (χ0n) is 17.9. The predicted octanol–water partition coefficient (Wildman–Crippen LogP) is 4.53. The minimum Gasteiger partial charge on any atom is -0.339 e. The highest BCUT2D eigenvalue weighted by Crippen LogP contribution is 2.45. The molecule has 2 aliphatic heterocycles. The Morgan fingerprint density at radius 1 is 1.21 bits per heavy atom. The summed E-state index contributed by atoms with van der Waals surface area (Å²) in [6, 6.07) is 11.0. The highest BCUT2D eigenvalue weighted by Gasteiger charge is 2.52. The first-order valence-corrected chi connectivity index (χ1v) is 11.8. The molecule has 2 aromatic rings. The van der Waals surface area contributed by atoms with Crippen LogP contribution in [0, 0.1) is 18.3 Å². The first-order chi connectivity index (χ1) is 13.9. The SMILES string of the molecule is Cc1nc(CN2CCC3(CC2)CC(Cc2ccccc2)N(CC(C)C)C3=O)cs1. The second kappa shape index (κ2) is 8.57. The summed E-state index contributed by atoms with van der Waals surface area (Å²) in [6.45, 7) is 10.3. The molecule has 1 aromatic heterocycles. The lowest BCUT2D eigenvalue weighted by Gasteiger charge is -2.37. The summed E-state index contributed by atoms with van der Waals surface area (Å²) in [4.78, 5) is 22.9. The molecule has 4 rings (SSSR count). The van der Waals surface area contributed by atoms with E-state index in [1.54, 1.807) is 11.3 Å². The number of rotatable bonds is 6. The van der Waals surface area contributed by atoms with Crippen LogP contribution in [0.5, 0.6) is 0 Å². The number of carbonyl (C=O) groups excluding carboxylic acids is 1. The quantitative estimate of drug-likeness (QED) is 0.700. The van der Waals surface area contributed by atoms with Gasteiger partial charge in [0.25, 0.3) is 0 Å². The number of aryl methyl sites for hydroxylation is 1. The molecule has 2 fully saturated rings. The van der Waals surface area contributed by atoms with Crippen LogP contribution in [0.1, 0.15) is 49.4 Å². The molecule has 3 heterocycles. The van der Waals surface area contributed by atoms with Gasteiger partial charge in [0.05, 0.1) is 16.1 Å². The van der Waals surface area contributed by atoms with E-state index in [1.165, 1.54) is 11.3 Å². The van der Waals surface area contributed by atoms with E-state index < -0.39 is 0 Å². The summed E-state index contributed by atoms with van der Waals surface area (Å²) in [5.74, 6) is 0.914. The molecule has 156 valence electrons. The fourth-order valence-corrected chi connectivity index (χ4v) is 5.68. The van der Waals surface area contributed by atoms with E-state index in [1.807, 2.05) is 0 Å². The molecule has 0 N–H and O–H groups in total. The van der Waals surface area contributed by atoms with Gasteiger partial charge in [-0.25, -0.2) is 4.98 Å². The van der Waals surface area contributed by atoms with Crippen LogP contribution in [0.3, 0.4) is 0 Å². The highest BCUT2D eigenvalue weighted by atomic mass is 32.1. The molecule has 0 saturated carbocycles. The van der Waals surface area contributed by atoms with E-state index in [4.69, 9.17) is 0 Å². The predicted molar refractivity (Wildman–Crippen MR) is 119 cm³/mol. The first-order valence-electron chi connectivity index (χ1n) is 10.9. The van der Waals surface area contributed by atoms with Gasteiger partial charge in [0.15, 0.2) is 0 Å². The molecule has 1 aromatic carbocycles. The van der Waals surface area contributed by atoms with Gasteiger partial charge in [-0.3, -0.25) is 9.69 Å². The molecule has 5 heteroatoms. The number of hydrogen-bond acceptors (Lipinski definition) is 4. The van der Waals surface area contributed by atoms with Crippen molar-refractivity contribution >= 4 is 17.2 Å². The summed E-state index contributed by atoms with van der Waals surface area (Å²) in [6.07, 6.45) is 3.95. The molecule has 0 radical (unpaired) electrons. The van der Waals surface area contributed by atoms with E-state index in [0.717, 1.165) is 56.9 Å². The van der Waals surface area contributed by atoms with E-state index in [2.05, 4.69) is 71.3 Å². The molecule has 0 aliphatic carbocycles. The largest absolute Gasteiger partial charge is 0.339 e. The van der Waals surface area contributed by atoms with Crippen molar-refractivity contribution in [3.63, 3.8) is 0 Å². The third-order valence-electron chi connectivity index (χ3n) is 6.52. The first kappa shape index (κ1) is 20.5. The van der Waals surface area contributed by atoms with Crippen molar-refractivity contribution in [3.05, 3.63) is 52.0 Å². The number of likely N-dealkylation sites (tertiary alicyclic amines) is 2. The Morgan fingerprint density at radius 3 is 2.55 bits per heavy atom. The number of amides is 1. The molecule has 1 amide bonds. The van der Waals surface area contributed by atoms with Gasteiger partial charge in [0.2, 0.25) is 5.91 Å². The smallest absolute Gasteiger partial charge is 0.229 e. The molecule has 1 atom stereocenters. The average Bonchev–Trinajstić information content (AvgIpc) is 3.21. The van der Waals surface area contributed by atoms with Gasteiger partial charge in [-0.05, 0) is 57.2 Å². The number of hydrogen-bond donors (Lipinski definition) is 0. The number of benzene rings is 1. The van der Waals surface area contributed by atoms with Crippen molar-refractivity contribution in [2.24, 2.45) is 11.3 Å². The van der Waals surface area contributed by atoms with Gasteiger partial charge in [-0.15, -0.1) is 11.3 Å². The van der Waals surface area contributed by atoms with Gasteiger partial charge in [0.1, 0.15) is 0 Å². The summed E-state index contributed by atoms with van der Waals surface area (Å²) in [7, 11) is 0. The summed E-state index contributed by atoms with van der Waals surface area (Å²) < 4.78 is 0. The molecule has 4 nitrogen and oxygen atoms in total. The Morgan fingerprint density at radius 2 is 1.93 bits per heavy atom. The zero-order valence-corrected chi connectivity index (χ0v) is 18.8. The van der Waals surface area contributed by atoms with Gasteiger partial charge < -0.3 is 4.90 Å². The third-order valence-corrected chi connectivity index (χ3v) is 7.35. The number of aromatic nitrogens is 1. The van der Waals surface area contributed by atoms with Crippen molar-refractivity contribution in [2.45, 2.75) is 59.0 Å². The van der Waals surface area contributed by atoms with Crippen LogP contribution in [-0.2, 0) is 17.8 Å². The Hall–Kier alpha value is -1.72. The van der Waals surface area contributed by atoms with Crippen LogP contribution in [0.2, 0.25) is 0 Å². The monoisotopic (exact) mass is 411 g/mol. The molecule has 29 heavy (non-hydrogen) atoms. The van der Waals surface area contributed by atoms with Gasteiger partial charge >= 0.3 is 0 Å². The minimum absolute atomic E-state index is 0.150. The van der Waals surface area contributed by atoms with Crippen molar-refractivity contribution in [1.82, 2.24) is 14.8 Å². The fraction of sp³-hybridized carbons (Fsp3) is 0.583. The van der Waals surface area contributed by atoms with Crippen LogP contribution in [0.25, 0.3) is 0 Å². The Labute approximate surface area is 178 Å². The standard InChI is InChI=1S/C24H33N3OS/c1-18(2)15-27-22(13-20-7-5-4-6-8-20)14-24(23(27)28)9-11-26(12-10-24)16-21-17-29-19(3)25-21/h4-8,17-18,22H,9-16H2,1-3H3. The number of carbonyl (C=O) groups is 1. The van der Waals surface area contributed by atoms with Crippen LogP contribution in [0.4, 0.5) is 0 Å². The Bertz CT molecular complexity index is 824. The van der Waals surface area contributed by atoms with Gasteiger partial charge in [-0.1, -0.05) is 44.2 Å². The van der Waals surface area contributed by atoms with Crippen molar-refractivity contribution in [3.8, 4) is 0 Å². The average molecular weight is 412 g/mol. The summed E-state index contributed by atoms with van der Waals surface area (Å²) in [5, 5.41) is 3.30. The number of thiazole rings is 1. The van der Waals surface area contributed by atoms with Crippen molar-refractivity contribution in [2.75, 3.05) is 19.6 Å². The van der Waals surface area contributed by atoms with Crippen molar-refractivity contribution < 1.29 is 4.79 Å². The summed E-state index contributed by atoms with van der Waals surface area (Å²) >= 11 is 1.72. The molecule has 1 spiro atoms. The molecule has 1 unspecified atom stereocenters. The van der Waals surface area contributed by atoms with Crippen LogP contribution < -0.4 is 0 Å². The van der Waals surface area contributed by atoms with E-state index >= 15 is 0 Å². The summed E-state index contributed by atoms with van der Waals surface area (Å²) in [5.41, 5.74) is 2.36. The maximum atomic E-state index is 13.6. The van der Waals surface area contributed by atoms with E-state index in [9.17, 15) is 4.79 Å².